The molecule has 0 spiro atoms. The molecule has 0 saturated carbocycles. The number of hydrogen-bond donors (Lipinski definition) is 0. The van der Waals surface area contributed by atoms with Crippen LogP contribution in [0.5, 0.6) is 0 Å². The van der Waals surface area contributed by atoms with E-state index in [2.05, 4.69) is 0 Å². The molecule has 0 N–H and O–H groups in total. The molecule has 0 amide bonds. The van der Waals surface area contributed by atoms with Crippen molar-refractivity contribution in [3.63, 3.8) is 0 Å². The fraction of sp³-hybridized carbons (Fsp3) is 1.00. The van der Waals surface area contributed by atoms with E-state index < -0.39 is 7.37 Å². The van der Waals surface area contributed by atoms with Gasteiger partial charge in [0.2, 0.25) is 0 Å². The minimum atomic E-state index is -2.90. The van der Waals surface area contributed by atoms with E-state index in [1.54, 1.807) is 13.8 Å². The van der Waals surface area contributed by atoms with Crippen LogP contribution in [0.4, 0.5) is 0 Å². The fourth-order valence-electron chi connectivity index (χ4n) is 0.224. The van der Waals surface area contributed by atoms with Crippen LogP contribution in [0.3, 0.4) is 0 Å². The van der Waals surface area contributed by atoms with Gasteiger partial charge in [0, 0.05) is 7.37 Å². The first kappa shape index (κ1) is 16.7. The summed E-state index contributed by atoms with van der Waals surface area (Å²) in [6.45, 7) is 3.33. The van der Waals surface area contributed by atoms with Gasteiger partial charge in [-0.2, -0.15) is 0 Å². The summed E-state index contributed by atoms with van der Waals surface area (Å²) in [5.74, 6) is 0. The molecule has 0 atom stereocenters. The standard InChI is InChI=1S/C4H11O2P.ClH.Mg/c1-3-7(5,6)4-2;;/h3-4H2,1-2H3,(H,5,6);1H;/q;;+2/p-2. The average molecular weight is 181 g/mol. The predicted molar refractivity (Wildman–Crippen MR) is 34.4 cm³/mol. The molecular weight excluding hydrogens is 171 g/mol. The minimum Gasteiger partial charge on any atom is -1.00 e. The number of rotatable bonds is 2. The molecule has 0 radical (unpaired) electrons. The summed E-state index contributed by atoms with van der Waals surface area (Å²) in [4.78, 5) is 10.4. The van der Waals surface area contributed by atoms with Gasteiger partial charge in [0.1, 0.15) is 0 Å². The molecule has 0 aromatic rings. The van der Waals surface area contributed by atoms with Crippen LogP contribution in [0.1, 0.15) is 13.8 Å². The summed E-state index contributed by atoms with van der Waals surface area (Å²) in [6.07, 6.45) is 0.590. The summed E-state index contributed by atoms with van der Waals surface area (Å²) in [6, 6.07) is 0. The first-order valence-corrected chi connectivity index (χ1v) is 4.41. The van der Waals surface area contributed by atoms with E-state index in [1.165, 1.54) is 0 Å². The third-order valence-electron chi connectivity index (χ3n) is 0.964. The molecule has 0 bridgehead atoms. The summed E-state index contributed by atoms with van der Waals surface area (Å²) in [5.41, 5.74) is 0. The van der Waals surface area contributed by atoms with E-state index in [1.807, 2.05) is 0 Å². The number of halogens is 1. The Bertz CT molecular complexity index is 90.6. The Morgan fingerprint density at radius 3 is 1.56 bits per heavy atom. The molecule has 5 heteroatoms. The van der Waals surface area contributed by atoms with Crippen LogP contribution in [-0.2, 0) is 4.57 Å². The average Bonchev–Trinajstić information content (AvgIpc) is 1.68. The van der Waals surface area contributed by atoms with Gasteiger partial charge in [-0.05, 0) is 12.3 Å². The molecule has 2 nitrogen and oxygen atoms in total. The van der Waals surface area contributed by atoms with E-state index in [0.717, 1.165) is 0 Å². The molecule has 0 unspecified atom stereocenters. The van der Waals surface area contributed by atoms with Crippen LogP contribution < -0.4 is 17.3 Å². The molecule has 0 saturated heterocycles. The normalized spacial score (nSPS) is 9.22. The number of hydrogen-bond acceptors (Lipinski definition) is 2. The first-order chi connectivity index (χ1) is 3.12. The maximum absolute atomic E-state index is 10.4. The van der Waals surface area contributed by atoms with Gasteiger partial charge in [-0.15, -0.1) is 0 Å². The van der Waals surface area contributed by atoms with Crippen LogP contribution in [0.2, 0.25) is 0 Å². The Morgan fingerprint density at radius 2 is 1.56 bits per heavy atom. The zero-order valence-corrected chi connectivity index (χ0v) is 8.83. The van der Waals surface area contributed by atoms with Gasteiger partial charge in [0.05, 0.1) is 0 Å². The summed E-state index contributed by atoms with van der Waals surface area (Å²) in [5, 5.41) is 0. The van der Waals surface area contributed by atoms with Crippen molar-refractivity contribution >= 4 is 30.4 Å². The summed E-state index contributed by atoms with van der Waals surface area (Å²) < 4.78 is 10.4. The molecule has 0 fully saturated rings. The minimum absolute atomic E-state index is 0. The molecular formula is C4H10ClMgO2P. The fourth-order valence-corrected chi connectivity index (χ4v) is 0.671. The maximum Gasteiger partial charge on any atom is 2.00 e. The van der Waals surface area contributed by atoms with E-state index >= 15 is 0 Å². The quantitative estimate of drug-likeness (QED) is 0.343. The van der Waals surface area contributed by atoms with Crippen molar-refractivity contribution in [2.75, 3.05) is 12.3 Å². The Labute approximate surface area is 78.4 Å². The molecule has 0 aliphatic rings. The Kier molecular flexibility index (Phi) is 13.6. The molecule has 0 aromatic carbocycles. The largest absolute Gasteiger partial charge is 2.00 e. The van der Waals surface area contributed by atoms with Gasteiger partial charge in [-0.25, -0.2) is 0 Å². The molecule has 52 valence electrons. The van der Waals surface area contributed by atoms with Gasteiger partial charge in [0.15, 0.2) is 0 Å². The molecule has 0 rings (SSSR count). The van der Waals surface area contributed by atoms with Crippen molar-refractivity contribution in [2.45, 2.75) is 13.8 Å². The Morgan fingerprint density at radius 1 is 1.33 bits per heavy atom. The zero-order valence-electron chi connectivity index (χ0n) is 5.76. The maximum atomic E-state index is 10.4. The van der Waals surface area contributed by atoms with Gasteiger partial charge >= 0.3 is 23.1 Å². The smallest absolute Gasteiger partial charge is 1.00 e. The summed E-state index contributed by atoms with van der Waals surface area (Å²) >= 11 is 0. The van der Waals surface area contributed by atoms with E-state index in [4.69, 9.17) is 0 Å². The Hall–Kier alpha value is 1.25. The SMILES string of the molecule is CCP(=O)([O-])CC.[Cl-].[Mg+2]. The van der Waals surface area contributed by atoms with Crippen LogP contribution in [0.15, 0.2) is 0 Å². The zero-order chi connectivity index (χ0) is 5.91. The van der Waals surface area contributed by atoms with E-state index in [-0.39, 0.29) is 35.5 Å². The molecule has 0 aliphatic heterocycles. The van der Waals surface area contributed by atoms with Gasteiger partial charge in [-0.1, -0.05) is 13.8 Å². The second-order valence-electron chi connectivity index (χ2n) is 1.45. The van der Waals surface area contributed by atoms with Crippen molar-refractivity contribution < 1.29 is 21.9 Å². The second-order valence-corrected chi connectivity index (χ2v) is 4.34. The first-order valence-electron chi connectivity index (χ1n) is 2.41. The molecule has 0 aliphatic carbocycles. The molecule has 0 heterocycles. The molecule has 9 heavy (non-hydrogen) atoms. The van der Waals surface area contributed by atoms with E-state index in [9.17, 15) is 9.46 Å². The van der Waals surface area contributed by atoms with Gasteiger partial charge < -0.3 is 21.9 Å². The van der Waals surface area contributed by atoms with Crippen LogP contribution in [0, 0.1) is 0 Å². The van der Waals surface area contributed by atoms with E-state index in [0.29, 0.717) is 12.3 Å². The van der Waals surface area contributed by atoms with Gasteiger partial charge in [0.25, 0.3) is 0 Å². The van der Waals surface area contributed by atoms with Crippen LogP contribution in [-0.4, -0.2) is 35.4 Å². The predicted octanol–water partition coefficient (Wildman–Crippen LogP) is -2.71. The topological polar surface area (TPSA) is 40.1 Å². The van der Waals surface area contributed by atoms with Crippen molar-refractivity contribution in [3.8, 4) is 0 Å². The van der Waals surface area contributed by atoms with Crippen molar-refractivity contribution in [2.24, 2.45) is 0 Å². The van der Waals surface area contributed by atoms with Crippen molar-refractivity contribution in [3.05, 3.63) is 0 Å². The third kappa shape index (κ3) is 9.25. The van der Waals surface area contributed by atoms with Crippen LogP contribution >= 0.6 is 7.37 Å². The Balaban J connectivity index is -0.000000180. The second kappa shape index (κ2) is 7.35. The third-order valence-corrected chi connectivity index (χ3v) is 2.89. The van der Waals surface area contributed by atoms with Crippen LogP contribution in [0.25, 0.3) is 0 Å². The van der Waals surface area contributed by atoms with Crippen molar-refractivity contribution in [1.29, 1.82) is 0 Å². The summed E-state index contributed by atoms with van der Waals surface area (Å²) in [7, 11) is -2.90. The molecule has 0 aromatic heterocycles. The monoisotopic (exact) mass is 180 g/mol. The van der Waals surface area contributed by atoms with Gasteiger partial charge in [-0.3, -0.25) is 0 Å². The van der Waals surface area contributed by atoms with Crippen molar-refractivity contribution in [1.82, 2.24) is 0 Å².